The van der Waals surface area contributed by atoms with E-state index < -0.39 is 0 Å². The van der Waals surface area contributed by atoms with E-state index in [2.05, 4.69) is 115 Å². The van der Waals surface area contributed by atoms with E-state index in [4.69, 9.17) is 19.4 Å². The van der Waals surface area contributed by atoms with Crippen molar-refractivity contribution < 1.29 is 4.42 Å². The number of aromatic nitrogens is 3. The molecule has 0 spiro atoms. The predicted molar refractivity (Wildman–Crippen MR) is 199 cm³/mol. The molecule has 10 rings (SSSR count). The van der Waals surface area contributed by atoms with Crippen LogP contribution in [0.3, 0.4) is 0 Å². The molecule has 0 atom stereocenters. The zero-order chi connectivity index (χ0) is 31.6. The number of furan rings is 1. The van der Waals surface area contributed by atoms with E-state index in [1.54, 1.807) is 11.3 Å². The van der Waals surface area contributed by atoms with Crippen molar-refractivity contribution >= 4 is 64.4 Å². The van der Waals surface area contributed by atoms with Crippen LogP contribution in [-0.4, -0.2) is 15.0 Å². The van der Waals surface area contributed by atoms with Crippen molar-refractivity contribution in [3.8, 4) is 45.2 Å². The fraction of sp³-hybridized carbons (Fsp3) is 0. The molecule has 4 heterocycles. The van der Waals surface area contributed by atoms with Gasteiger partial charge in [0.1, 0.15) is 11.2 Å². The van der Waals surface area contributed by atoms with Gasteiger partial charge in [-0.25, -0.2) is 15.0 Å². The summed E-state index contributed by atoms with van der Waals surface area (Å²) in [6.45, 7) is 0. The number of benzene rings is 6. The van der Waals surface area contributed by atoms with E-state index in [1.807, 2.05) is 36.4 Å². The van der Waals surface area contributed by atoms with E-state index in [0.717, 1.165) is 78.0 Å². The molecule has 0 unspecified atom stereocenters. The molecule has 4 aromatic heterocycles. The van der Waals surface area contributed by atoms with E-state index in [0.29, 0.717) is 0 Å². The van der Waals surface area contributed by atoms with Gasteiger partial charge in [0.25, 0.3) is 0 Å². The van der Waals surface area contributed by atoms with Gasteiger partial charge in [0.2, 0.25) is 0 Å². The van der Waals surface area contributed by atoms with Crippen LogP contribution < -0.4 is 0 Å². The maximum atomic E-state index is 6.42. The van der Waals surface area contributed by atoms with Crippen molar-refractivity contribution in [1.29, 1.82) is 0 Å². The SMILES string of the molecule is c1ccc(-c2cc(-c3ccc(-c4nc5ccccc5c5oc6ccccc6c45)cc3)nc(-c3cccc4c3sc3ccccc34)n2)cc1. The molecular weight excluding hydrogens is 607 g/mol. The minimum absolute atomic E-state index is 0.718. The number of thiophene rings is 1. The second-order valence-electron chi connectivity index (χ2n) is 12.0. The molecule has 48 heavy (non-hydrogen) atoms. The third-order valence-electron chi connectivity index (χ3n) is 9.11. The normalized spacial score (nSPS) is 11.8. The summed E-state index contributed by atoms with van der Waals surface area (Å²) in [5.74, 6) is 0.718. The van der Waals surface area contributed by atoms with Crippen molar-refractivity contribution in [2.75, 3.05) is 0 Å². The maximum Gasteiger partial charge on any atom is 0.161 e. The van der Waals surface area contributed by atoms with Crippen LogP contribution in [0.1, 0.15) is 0 Å². The maximum absolute atomic E-state index is 6.42. The van der Waals surface area contributed by atoms with Crippen LogP contribution in [0.25, 0.3) is 98.2 Å². The summed E-state index contributed by atoms with van der Waals surface area (Å²) in [6, 6.07) is 52.4. The first-order valence-corrected chi connectivity index (χ1v) is 16.8. The zero-order valence-electron chi connectivity index (χ0n) is 25.6. The van der Waals surface area contributed by atoms with Crippen LogP contribution in [-0.2, 0) is 0 Å². The highest BCUT2D eigenvalue weighted by molar-refractivity contribution is 7.26. The highest BCUT2D eigenvalue weighted by Gasteiger charge is 2.19. The summed E-state index contributed by atoms with van der Waals surface area (Å²) in [7, 11) is 0. The monoisotopic (exact) mass is 631 g/mol. The Morgan fingerprint density at radius 3 is 1.96 bits per heavy atom. The Morgan fingerprint density at radius 1 is 0.479 bits per heavy atom. The lowest BCUT2D eigenvalue weighted by Gasteiger charge is -2.11. The summed E-state index contributed by atoms with van der Waals surface area (Å²) in [6.07, 6.45) is 0. The summed E-state index contributed by atoms with van der Waals surface area (Å²) in [5.41, 5.74) is 9.43. The van der Waals surface area contributed by atoms with Crippen molar-refractivity contribution in [3.63, 3.8) is 0 Å². The Hall–Kier alpha value is -6.17. The van der Waals surface area contributed by atoms with Crippen LogP contribution in [0.5, 0.6) is 0 Å². The molecule has 4 nitrogen and oxygen atoms in total. The largest absolute Gasteiger partial charge is 0.455 e. The molecule has 224 valence electrons. The van der Waals surface area contributed by atoms with E-state index in [1.165, 1.54) is 20.2 Å². The Balaban J connectivity index is 1.15. The molecule has 0 saturated heterocycles. The minimum atomic E-state index is 0.718. The third-order valence-corrected chi connectivity index (χ3v) is 10.3. The van der Waals surface area contributed by atoms with Crippen molar-refractivity contribution in [2.45, 2.75) is 0 Å². The molecule has 0 aliphatic rings. The number of fused-ring (bicyclic) bond motifs is 8. The Bertz CT molecular complexity index is 2830. The van der Waals surface area contributed by atoms with Gasteiger partial charge in [0.05, 0.1) is 28.0 Å². The van der Waals surface area contributed by atoms with Gasteiger partial charge in [-0.15, -0.1) is 11.3 Å². The second kappa shape index (κ2) is 10.7. The summed E-state index contributed by atoms with van der Waals surface area (Å²) >= 11 is 1.79. The first-order valence-electron chi connectivity index (χ1n) is 15.9. The van der Waals surface area contributed by atoms with Gasteiger partial charge in [-0.1, -0.05) is 115 Å². The molecule has 0 aliphatic heterocycles. The molecule has 0 bridgehead atoms. The van der Waals surface area contributed by atoms with Crippen molar-refractivity contribution in [3.05, 3.63) is 152 Å². The fourth-order valence-electron chi connectivity index (χ4n) is 6.81. The van der Waals surface area contributed by atoms with Crippen molar-refractivity contribution in [1.82, 2.24) is 15.0 Å². The van der Waals surface area contributed by atoms with Gasteiger partial charge < -0.3 is 4.42 Å². The van der Waals surface area contributed by atoms with E-state index in [9.17, 15) is 0 Å². The first-order chi connectivity index (χ1) is 23.8. The lowest BCUT2D eigenvalue weighted by molar-refractivity contribution is 0.672. The number of hydrogen-bond donors (Lipinski definition) is 0. The number of hydrogen-bond acceptors (Lipinski definition) is 5. The number of pyridine rings is 1. The van der Waals surface area contributed by atoms with Gasteiger partial charge in [0, 0.05) is 53.2 Å². The zero-order valence-corrected chi connectivity index (χ0v) is 26.4. The number of para-hydroxylation sites is 2. The summed E-state index contributed by atoms with van der Waals surface area (Å²) < 4.78 is 8.88. The summed E-state index contributed by atoms with van der Waals surface area (Å²) in [4.78, 5) is 15.5. The molecule has 0 amide bonds. The number of rotatable bonds is 4. The quantitative estimate of drug-likeness (QED) is 0.194. The molecule has 6 aromatic carbocycles. The summed E-state index contributed by atoms with van der Waals surface area (Å²) in [5, 5.41) is 5.60. The molecule has 0 aliphatic carbocycles. The van der Waals surface area contributed by atoms with Crippen molar-refractivity contribution in [2.24, 2.45) is 0 Å². The molecule has 0 fully saturated rings. The van der Waals surface area contributed by atoms with E-state index >= 15 is 0 Å². The second-order valence-corrected chi connectivity index (χ2v) is 13.0. The van der Waals surface area contributed by atoms with Gasteiger partial charge in [-0.3, -0.25) is 0 Å². The molecule has 0 N–H and O–H groups in total. The highest BCUT2D eigenvalue weighted by atomic mass is 32.1. The van der Waals surface area contributed by atoms with Gasteiger partial charge in [0.15, 0.2) is 5.82 Å². The average Bonchev–Trinajstić information content (AvgIpc) is 3.74. The van der Waals surface area contributed by atoms with Gasteiger partial charge in [-0.05, 0) is 36.4 Å². The van der Waals surface area contributed by atoms with E-state index in [-0.39, 0.29) is 0 Å². The molecular formula is C43H25N3OS. The van der Waals surface area contributed by atoms with Crippen LogP contribution in [0.15, 0.2) is 156 Å². The Labute approximate surface area is 279 Å². The topological polar surface area (TPSA) is 51.8 Å². The molecule has 10 aromatic rings. The standard InChI is InChI=1S/C43H25N3OS/c1-2-11-26(12-3-1)35-25-36(46-43(45-35)33-17-10-16-30-29-13-6-9-20-38(29)48-42(30)33)27-21-23-28(24-22-27)40-39-32-15-5-8-19-37(32)47-41(39)31-14-4-7-18-34(31)44-40/h1-25H. The first kappa shape index (κ1) is 27.0. The average molecular weight is 632 g/mol. The molecule has 5 heteroatoms. The Kier molecular flexibility index (Phi) is 6.01. The smallest absolute Gasteiger partial charge is 0.161 e. The third kappa shape index (κ3) is 4.25. The van der Waals surface area contributed by atoms with Crippen LogP contribution >= 0.6 is 11.3 Å². The lowest BCUT2D eigenvalue weighted by Crippen LogP contribution is -1.96. The van der Waals surface area contributed by atoms with Crippen LogP contribution in [0.2, 0.25) is 0 Å². The van der Waals surface area contributed by atoms with Gasteiger partial charge >= 0.3 is 0 Å². The molecule has 0 radical (unpaired) electrons. The lowest BCUT2D eigenvalue weighted by atomic mass is 10.00. The minimum Gasteiger partial charge on any atom is -0.455 e. The molecule has 0 saturated carbocycles. The highest BCUT2D eigenvalue weighted by Crippen LogP contribution is 2.41. The number of nitrogens with zero attached hydrogens (tertiary/aromatic N) is 3. The Morgan fingerprint density at radius 2 is 1.12 bits per heavy atom. The van der Waals surface area contributed by atoms with Gasteiger partial charge in [-0.2, -0.15) is 0 Å². The fourth-order valence-corrected chi connectivity index (χ4v) is 8.02. The predicted octanol–water partition coefficient (Wildman–Crippen LogP) is 12.0. The van der Waals surface area contributed by atoms with Crippen LogP contribution in [0, 0.1) is 0 Å². The van der Waals surface area contributed by atoms with Crippen LogP contribution in [0.4, 0.5) is 0 Å².